The zero-order chi connectivity index (χ0) is 21.8. The summed E-state index contributed by atoms with van der Waals surface area (Å²) in [6.45, 7) is 0. The predicted molar refractivity (Wildman–Crippen MR) is 92.9 cm³/mol. The summed E-state index contributed by atoms with van der Waals surface area (Å²) in [5.74, 6) is -3.24. The monoisotopic (exact) mass is 434 g/mol. The maximum absolute atomic E-state index is 13.9. The highest BCUT2D eigenvalue weighted by molar-refractivity contribution is 6.30. The average Bonchev–Trinajstić information content (AvgIpc) is 2.65. The van der Waals surface area contributed by atoms with Crippen molar-refractivity contribution in [1.82, 2.24) is 9.97 Å². The molecule has 1 aromatic heterocycles. The normalized spacial score (nSPS) is 10.8. The molecular weight excluding hydrogens is 424 g/mol. The van der Waals surface area contributed by atoms with E-state index in [-0.39, 0.29) is 28.2 Å². The van der Waals surface area contributed by atoms with Gasteiger partial charge in [0.2, 0.25) is 5.88 Å². The van der Waals surface area contributed by atoms with Crippen molar-refractivity contribution in [2.45, 2.75) is 6.18 Å². The van der Waals surface area contributed by atoms with Crippen molar-refractivity contribution < 1.29 is 42.0 Å². The number of alkyl halides is 3. The quantitative estimate of drug-likeness (QED) is 0.582. The maximum atomic E-state index is 13.9. The summed E-state index contributed by atoms with van der Waals surface area (Å²) in [6.07, 6.45) is -3.81. The molecule has 0 saturated carbocycles. The van der Waals surface area contributed by atoms with Crippen molar-refractivity contribution in [1.29, 1.82) is 0 Å². The molecule has 7 nitrogen and oxygen atoms in total. The van der Waals surface area contributed by atoms with Crippen LogP contribution >= 0.6 is 11.6 Å². The van der Waals surface area contributed by atoms with Crippen molar-refractivity contribution in [2.75, 3.05) is 7.11 Å². The number of benzene rings is 2. The van der Waals surface area contributed by atoms with Crippen LogP contribution in [0.25, 0.3) is 10.9 Å². The summed E-state index contributed by atoms with van der Waals surface area (Å²) < 4.78 is 56.1. The van der Waals surface area contributed by atoms with Gasteiger partial charge in [0.15, 0.2) is 23.1 Å². The number of fused-ring (bicyclic) bond motifs is 1. The van der Waals surface area contributed by atoms with Crippen LogP contribution in [0, 0.1) is 5.82 Å². The highest BCUT2D eigenvalue weighted by Gasteiger charge is 2.38. The van der Waals surface area contributed by atoms with Crippen LogP contribution in [-0.2, 0) is 4.79 Å². The molecule has 0 unspecified atom stereocenters. The summed E-state index contributed by atoms with van der Waals surface area (Å²) in [5.41, 5.74) is 0.488. The number of hydrogen-bond acceptors (Lipinski definition) is 6. The Balaban J connectivity index is 0.000000370. The van der Waals surface area contributed by atoms with E-state index in [1.54, 1.807) is 6.07 Å². The first-order valence-corrected chi connectivity index (χ1v) is 7.86. The number of carboxylic acids is 1. The van der Waals surface area contributed by atoms with E-state index in [4.69, 9.17) is 31.0 Å². The molecule has 0 aliphatic rings. The lowest BCUT2D eigenvalue weighted by Gasteiger charge is -2.10. The van der Waals surface area contributed by atoms with Crippen molar-refractivity contribution in [3.8, 4) is 23.1 Å². The van der Waals surface area contributed by atoms with Crippen molar-refractivity contribution in [2.24, 2.45) is 0 Å². The van der Waals surface area contributed by atoms with Gasteiger partial charge < -0.3 is 19.7 Å². The molecule has 2 aromatic carbocycles. The molecule has 3 aromatic rings. The number of carboxylic acid groups (broad SMARTS) is 1. The van der Waals surface area contributed by atoms with Gasteiger partial charge in [0.25, 0.3) is 0 Å². The van der Waals surface area contributed by atoms with Gasteiger partial charge in [-0.1, -0.05) is 17.7 Å². The Hall–Kier alpha value is -3.34. The number of rotatable bonds is 3. The number of phenols is 1. The fourth-order valence-electron chi connectivity index (χ4n) is 1.96. The SMILES string of the molecule is COc1cc2ncnc(Oc3cccc(Cl)c3F)c2cc1O.O=C(O)C(F)(F)F. The number of carbonyl (C=O) groups is 1. The minimum atomic E-state index is -5.08. The van der Waals surface area contributed by atoms with E-state index in [0.29, 0.717) is 10.9 Å². The summed E-state index contributed by atoms with van der Waals surface area (Å²) >= 11 is 5.72. The molecule has 0 radical (unpaired) electrons. The lowest BCUT2D eigenvalue weighted by atomic mass is 10.2. The summed E-state index contributed by atoms with van der Waals surface area (Å²) in [5, 5.41) is 17.4. The molecule has 0 spiro atoms. The summed E-state index contributed by atoms with van der Waals surface area (Å²) in [4.78, 5) is 16.9. The first-order chi connectivity index (χ1) is 13.5. The van der Waals surface area contributed by atoms with E-state index in [0.717, 1.165) is 0 Å². The lowest BCUT2D eigenvalue weighted by molar-refractivity contribution is -0.192. The van der Waals surface area contributed by atoms with E-state index >= 15 is 0 Å². The van der Waals surface area contributed by atoms with E-state index in [2.05, 4.69) is 9.97 Å². The Kier molecular flexibility index (Phi) is 6.64. The van der Waals surface area contributed by atoms with Gasteiger partial charge in [-0.05, 0) is 18.2 Å². The highest BCUT2D eigenvalue weighted by atomic mass is 35.5. The van der Waals surface area contributed by atoms with Crippen molar-refractivity contribution in [3.63, 3.8) is 0 Å². The molecule has 0 fully saturated rings. The van der Waals surface area contributed by atoms with Gasteiger partial charge in [-0.25, -0.2) is 19.2 Å². The number of aromatic hydroxyl groups is 1. The van der Waals surface area contributed by atoms with Gasteiger partial charge in [0.05, 0.1) is 23.0 Å². The van der Waals surface area contributed by atoms with Gasteiger partial charge in [0, 0.05) is 6.07 Å². The van der Waals surface area contributed by atoms with Gasteiger partial charge in [-0.2, -0.15) is 13.2 Å². The van der Waals surface area contributed by atoms with Crippen molar-refractivity contribution in [3.05, 3.63) is 47.5 Å². The molecule has 12 heteroatoms. The smallest absolute Gasteiger partial charge is 0.490 e. The first kappa shape index (κ1) is 22.0. The van der Waals surface area contributed by atoms with Gasteiger partial charge in [-0.15, -0.1) is 0 Å². The number of aliphatic carboxylic acids is 1. The fraction of sp³-hybridized carbons (Fsp3) is 0.118. The standard InChI is InChI=1S/C15H10ClFN2O3.C2HF3O2/c1-21-13-6-10-8(5-11(13)20)15(19-7-18-10)22-12-4-2-3-9(16)14(12)17;3-2(4,5)1(6)7/h2-7,20H,1H3;(H,6,7). The van der Waals surface area contributed by atoms with Crippen molar-refractivity contribution >= 4 is 28.5 Å². The number of nitrogens with zero attached hydrogens (tertiary/aromatic N) is 2. The molecule has 154 valence electrons. The number of aromatic nitrogens is 2. The second-order valence-electron chi connectivity index (χ2n) is 5.18. The minimum absolute atomic E-state index is 0.0552. The second-order valence-corrected chi connectivity index (χ2v) is 5.58. The summed E-state index contributed by atoms with van der Waals surface area (Å²) in [6, 6.07) is 7.33. The van der Waals surface area contributed by atoms with Crippen LogP contribution < -0.4 is 9.47 Å². The molecule has 29 heavy (non-hydrogen) atoms. The fourth-order valence-corrected chi connectivity index (χ4v) is 2.13. The van der Waals surface area contributed by atoms with Crippen LogP contribution in [0.1, 0.15) is 0 Å². The number of halogens is 5. The van der Waals surface area contributed by atoms with E-state index < -0.39 is 18.0 Å². The van der Waals surface area contributed by atoms with E-state index in [1.807, 2.05) is 0 Å². The predicted octanol–water partition coefficient (Wildman–Crippen LogP) is 4.56. The zero-order valence-electron chi connectivity index (χ0n) is 14.4. The van der Waals surface area contributed by atoms with Crippen LogP contribution in [0.3, 0.4) is 0 Å². The first-order valence-electron chi connectivity index (χ1n) is 7.48. The molecule has 3 rings (SSSR count). The molecule has 1 heterocycles. The van der Waals surface area contributed by atoms with Crippen LogP contribution in [0.4, 0.5) is 17.6 Å². The number of ether oxygens (including phenoxy) is 2. The molecule has 0 amide bonds. The minimum Gasteiger partial charge on any atom is -0.504 e. The Labute approximate surface area is 165 Å². The van der Waals surface area contributed by atoms with Gasteiger partial charge in [-0.3, -0.25) is 0 Å². The maximum Gasteiger partial charge on any atom is 0.490 e. The summed E-state index contributed by atoms with van der Waals surface area (Å²) in [7, 11) is 1.43. The second kappa shape index (κ2) is 8.78. The third-order valence-electron chi connectivity index (χ3n) is 3.26. The van der Waals surface area contributed by atoms with Crippen LogP contribution in [0.5, 0.6) is 23.1 Å². The van der Waals surface area contributed by atoms with Crippen LogP contribution in [0.2, 0.25) is 5.02 Å². The number of phenolic OH excluding ortho intramolecular Hbond substituents is 1. The van der Waals surface area contributed by atoms with Gasteiger partial charge in [0.1, 0.15) is 6.33 Å². The molecule has 0 aliphatic carbocycles. The topological polar surface area (TPSA) is 102 Å². The third-order valence-corrected chi connectivity index (χ3v) is 3.56. The average molecular weight is 435 g/mol. The Bertz CT molecular complexity index is 1050. The lowest BCUT2D eigenvalue weighted by Crippen LogP contribution is -2.21. The largest absolute Gasteiger partial charge is 0.504 e. The van der Waals surface area contributed by atoms with Crippen LogP contribution in [0.15, 0.2) is 36.7 Å². The molecule has 0 aliphatic heterocycles. The molecule has 0 saturated heterocycles. The Morgan fingerprint density at radius 1 is 1.17 bits per heavy atom. The third kappa shape index (κ3) is 5.35. The molecule has 0 atom stereocenters. The van der Waals surface area contributed by atoms with E-state index in [9.17, 15) is 22.7 Å². The van der Waals surface area contributed by atoms with E-state index in [1.165, 1.54) is 37.7 Å². The molecule has 2 N–H and O–H groups in total. The highest BCUT2D eigenvalue weighted by Crippen LogP contribution is 2.36. The van der Waals surface area contributed by atoms with Gasteiger partial charge >= 0.3 is 12.1 Å². The Morgan fingerprint density at radius 3 is 2.41 bits per heavy atom. The Morgan fingerprint density at radius 2 is 1.83 bits per heavy atom. The number of hydrogen-bond donors (Lipinski definition) is 2. The molecular formula is C17H11ClF4N2O5. The molecule has 0 bridgehead atoms. The zero-order valence-corrected chi connectivity index (χ0v) is 15.1. The number of methoxy groups -OCH3 is 1. The van der Waals surface area contributed by atoms with Crippen LogP contribution in [-0.4, -0.2) is 39.4 Å².